The number of hydrogen-bond acceptors (Lipinski definition) is 4. The molecule has 0 aliphatic heterocycles. The molecule has 0 aromatic rings. The highest BCUT2D eigenvalue weighted by Gasteiger charge is 2.85. The Labute approximate surface area is 124 Å². The van der Waals surface area contributed by atoms with Crippen molar-refractivity contribution < 1.29 is 19.1 Å². The highest BCUT2D eigenvalue weighted by Crippen LogP contribution is 2.74. The molecule has 4 nitrogen and oxygen atoms in total. The smallest absolute Gasteiger partial charge is 0.326 e. The predicted octanol–water partition coefficient (Wildman–Crippen LogP) is 2.87. The summed E-state index contributed by atoms with van der Waals surface area (Å²) in [6, 6.07) is 0. The Hall–Kier alpha value is -0.100. The minimum Gasteiger partial charge on any atom is -0.465 e. The molecule has 0 radical (unpaired) electrons. The molecule has 1 saturated carbocycles. The fourth-order valence-corrected chi connectivity index (χ4v) is 5.10. The maximum absolute atomic E-state index is 12.2. The molecule has 0 spiro atoms. The van der Waals surface area contributed by atoms with Crippen molar-refractivity contribution in [2.45, 2.75) is 30.9 Å². The lowest BCUT2D eigenvalue weighted by atomic mass is 9.97. The first-order valence-corrected chi connectivity index (χ1v) is 7.59. The summed E-state index contributed by atoms with van der Waals surface area (Å²) in [6.45, 7) is 7.83. The van der Waals surface area contributed by atoms with Crippen LogP contribution in [-0.4, -0.2) is 28.4 Å². The standard InChI is InChI=1S/C12H18Br2O4/c1-5-17-9(15)11(10(16)18-6-2)8(7(3)4)12(11,13)14/h7-8H,5-6H2,1-4H3. The lowest BCUT2D eigenvalue weighted by Crippen LogP contribution is -2.35. The third-order valence-corrected chi connectivity index (χ3v) is 5.40. The molecule has 0 bridgehead atoms. The number of carbonyl (C=O) groups excluding carboxylic acids is 2. The second-order valence-corrected chi connectivity index (χ2v) is 8.16. The van der Waals surface area contributed by atoms with Crippen molar-refractivity contribution in [1.29, 1.82) is 0 Å². The van der Waals surface area contributed by atoms with Crippen LogP contribution in [0.15, 0.2) is 0 Å². The molecule has 0 aromatic heterocycles. The first kappa shape index (κ1) is 16.0. The van der Waals surface area contributed by atoms with Crippen LogP contribution in [0.5, 0.6) is 0 Å². The van der Waals surface area contributed by atoms with Crippen LogP contribution in [-0.2, 0) is 19.1 Å². The second-order valence-electron chi connectivity index (χ2n) is 4.59. The minimum absolute atomic E-state index is 0.137. The van der Waals surface area contributed by atoms with E-state index in [0.29, 0.717) is 0 Å². The van der Waals surface area contributed by atoms with Gasteiger partial charge in [-0.15, -0.1) is 0 Å². The van der Waals surface area contributed by atoms with E-state index in [1.165, 1.54) is 0 Å². The molecule has 0 N–H and O–H groups in total. The van der Waals surface area contributed by atoms with Gasteiger partial charge in [-0.2, -0.15) is 0 Å². The van der Waals surface area contributed by atoms with Crippen LogP contribution in [0.4, 0.5) is 0 Å². The largest absolute Gasteiger partial charge is 0.465 e. The summed E-state index contributed by atoms with van der Waals surface area (Å²) in [6.07, 6.45) is 0. The molecule has 104 valence electrons. The van der Waals surface area contributed by atoms with E-state index in [4.69, 9.17) is 9.47 Å². The molecule has 6 heteroatoms. The molecule has 0 aromatic carbocycles. The van der Waals surface area contributed by atoms with Crippen molar-refractivity contribution in [2.24, 2.45) is 17.3 Å². The number of hydrogen-bond donors (Lipinski definition) is 0. The Morgan fingerprint density at radius 3 is 1.72 bits per heavy atom. The zero-order chi connectivity index (χ0) is 14.1. The minimum atomic E-state index is -1.28. The molecule has 0 saturated heterocycles. The zero-order valence-electron chi connectivity index (χ0n) is 11.0. The van der Waals surface area contributed by atoms with Crippen LogP contribution in [0.25, 0.3) is 0 Å². The second kappa shape index (κ2) is 5.49. The van der Waals surface area contributed by atoms with Crippen molar-refractivity contribution >= 4 is 43.8 Å². The first-order valence-electron chi connectivity index (χ1n) is 6.00. The van der Waals surface area contributed by atoms with Crippen LogP contribution in [0, 0.1) is 17.3 Å². The molecule has 0 amide bonds. The topological polar surface area (TPSA) is 52.6 Å². The average molecular weight is 386 g/mol. The lowest BCUT2D eigenvalue weighted by molar-refractivity contribution is -0.165. The Morgan fingerprint density at radius 2 is 1.50 bits per heavy atom. The Morgan fingerprint density at radius 1 is 1.11 bits per heavy atom. The molecule has 1 fully saturated rings. The lowest BCUT2D eigenvalue weighted by Gasteiger charge is -2.16. The summed E-state index contributed by atoms with van der Waals surface area (Å²) in [5.74, 6) is -1.12. The normalized spacial score (nSPS) is 23.6. The van der Waals surface area contributed by atoms with Gasteiger partial charge in [0.2, 0.25) is 0 Å². The number of ether oxygens (including phenoxy) is 2. The van der Waals surface area contributed by atoms with E-state index in [2.05, 4.69) is 31.9 Å². The van der Waals surface area contributed by atoms with E-state index in [1.807, 2.05) is 13.8 Å². The van der Waals surface area contributed by atoms with Gasteiger partial charge in [-0.1, -0.05) is 45.7 Å². The van der Waals surface area contributed by atoms with Gasteiger partial charge in [0, 0.05) is 5.92 Å². The van der Waals surface area contributed by atoms with Gasteiger partial charge in [-0.25, -0.2) is 0 Å². The van der Waals surface area contributed by atoms with Gasteiger partial charge in [-0.3, -0.25) is 9.59 Å². The van der Waals surface area contributed by atoms with Crippen LogP contribution in [0.2, 0.25) is 0 Å². The van der Waals surface area contributed by atoms with Crippen molar-refractivity contribution in [3.05, 3.63) is 0 Å². The van der Waals surface area contributed by atoms with Gasteiger partial charge in [0.1, 0.15) is 3.23 Å². The number of esters is 2. The van der Waals surface area contributed by atoms with Gasteiger partial charge in [0.25, 0.3) is 0 Å². The average Bonchev–Trinajstić information content (AvgIpc) is 2.77. The predicted molar refractivity (Wildman–Crippen MR) is 74.6 cm³/mol. The molecular weight excluding hydrogens is 368 g/mol. The zero-order valence-corrected chi connectivity index (χ0v) is 14.1. The Bertz CT molecular complexity index is 334. The van der Waals surface area contributed by atoms with Crippen LogP contribution in [0.1, 0.15) is 27.7 Å². The van der Waals surface area contributed by atoms with E-state index in [0.717, 1.165) is 0 Å². The third kappa shape index (κ3) is 2.11. The quantitative estimate of drug-likeness (QED) is 0.414. The number of alkyl halides is 2. The van der Waals surface area contributed by atoms with Gasteiger partial charge in [-0.05, 0) is 19.8 Å². The van der Waals surface area contributed by atoms with E-state index in [1.54, 1.807) is 13.8 Å². The van der Waals surface area contributed by atoms with Crippen LogP contribution in [0.3, 0.4) is 0 Å². The van der Waals surface area contributed by atoms with Gasteiger partial charge in [0.05, 0.1) is 13.2 Å². The van der Waals surface area contributed by atoms with E-state index < -0.39 is 20.6 Å². The summed E-state index contributed by atoms with van der Waals surface area (Å²) in [5.41, 5.74) is -1.28. The van der Waals surface area contributed by atoms with E-state index in [-0.39, 0.29) is 25.0 Å². The molecule has 1 aliphatic rings. The van der Waals surface area contributed by atoms with Crippen LogP contribution < -0.4 is 0 Å². The fourth-order valence-electron chi connectivity index (χ4n) is 2.45. The highest BCUT2D eigenvalue weighted by atomic mass is 79.9. The maximum Gasteiger partial charge on any atom is 0.326 e. The first-order chi connectivity index (χ1) is 8.28. The summed E-state index contributed by atoms with van der Waals surface area (Å²) >= 11 is 6.87. The van der Waals surface area contributed by atoms with E-state index >= 15 is 0 Å². The van der Waals surface area contributed by atoms with Crippen molar-refractivity contribution in [2.75, 3.05) is 13.2 Å². The maximum atomic E-state index is 12.2. The van der Waals surface area contributed by atoms with Gasteiger partial charge >= 0.3 is 11.9 Å². The van der Waals surface area contributed by atoms with Crippen molar-refractivity contribution in [3.8, 4) is 0 Å². The summed E-state index contributed by atoms with van der Waals surface area (Å²) in [4.78, 5) is 24.4. The highest BCUT2D eigenvalue weighted by molar-refractivity contribution is 9.25. The van der Waals surface area contributed by atoms with E-state index in [9.17, 15) is 9.59 Å². The summed E-state index contributed by atoms with van der Waals surface area (Å²) < 4.78 is 9.33. The Balaban J connectivity index is 3.13. The number of rotatable bonds is 5. The van der Waals surface area contributed by atoms with Crippen LogP contribution >= 0.6 is 31.9 Å². The molecule has 1 aliphatic carbocycles. The number of carbonyl (C=O) groups is 2. The summed E-state index contributed by atoms with van der Waals surface area (Å²) in [5, 5.41) is 0. The molecule has 18 heavy (non-hydrogen) atoms. The third-order valence-electron chi connectivity index (χ3n) is 3.16. The molecule has 1 atom stereocenters. The molecule has 0 heterocycles. The molecular formula is C12H18Br2O4. The van der Waals surface area contributed by atoms with Gasteiger partial charge in [0.15, 0.2) is 5.41 Å². The number of halogens is 2. The van der Waals surface area contributed by atoms with Crippen molar-refractivity contribution in [1.82, 2.24) is 0 Å². The SMILES string of the molecule is CCOC(=O)C1(C(=O)OCC)C(C(C)C)C1(Br)Br. The summed E-state index contributed by atoms with van der Waals surface area (Å²) in [7, 11) is 0. The molecule has 1 rings (SSSR count). The Kier molecular flexibility index (Phi) is 4.87. The molecule has 1 unspecified atom stereocenters. The van der Waals surface area contributed by atoms with Crippen molar-refractivity contribution in [3.63, 3.8) is 0 Å². The fraction of sp³-hybridized carbons (Fsp3) is 0.833. The van der Waals surface area contributed by atoms with Gasteiger partial charge < -0.3 is 9.47 Å². The monoisotopic (exact) mass is 384 g/mol.